The van der Waals surface area contributed by atoms with Crippen molar-refractivity contribution in [2.75, 3.05) is 12.4 Å². The number of ether oxygens (including phenoxy) is 1. The van der Waals surface area contributed by atoms with Crippen LogP contribution in [-0.2, 0) is 0 Å². The second-order valence-corrected chi connectivity index (χ2v) is 4.86. The highest BCUT2D eigenvalue weighted by Gasteiger charge is 2.16. The third-order valence-corrected chi connectivity index (χ3v) is 3.26. The zero-order chi connectivity index (χ0) is 15.6. The zero-order valence-corrected chi connectivity index (χ0v) is 12.2. The fourth-order valence-corrected chi connectivity index (χ4v) is 2.20. The molecule has 0 atom stereocenters. The van der Waals surface area contributed by atoms with E-state index in [0.717, 1.165) is 18.2 Å². The Morgan fingerprint density at radius 3 is 2.29 bits per heavy atom. The van der Waals surface area contributed by atoms with Crippen LogP contribution >= 0.6 is 23.2 Å². The molecule has 0 aliphatic heterocycles. The first-order chi connectivity index (χ1) is 9.92. The van der Waals surface area contributed by atoms with Gasteiger partial charge in [0.15, 0.2) is 0 Å². The van der Waals surface area contributed by atoms with E-state index in [9.17, 15) is 13.6 Å². The summed E-state index contributed by atoms with van der Waals surface area (Å²) in [7, 11) is 1.38. The maximum Gasteiger partial charge on any atom is 0.258 e. The molecule has 3 nitrogen and oxygen atoms in total. The molecule has 2 rings (SSSR count). The average Bonchev–Trinajstić information content (AvgIpc) is 2.42. The number of hydrogen-bond donors (Lipinski definition) is 1. The minimum Gasteiger partial charge on any atom is -0.497 e. The first-order valence-electron chi connectivity index (χ1n) is 5.72. The van der Waals surface area contributed by atoms with Crippen molar-refractivity contribution in [2.45, 2.75) is 0 Å². The van der Waals surface area contributed by atoms with Crippen LogP contribution < -0.4 is 10.1 Å². The molecule has 0 bridgehead atoms. The van der Waals surface area contributed by atoms with Crippen molar-refractivity contribution < 1.29 is 18.3 Å². The van der Waals surface area contributed by atoms with E-state index in [1.54, 1.807) is 0 Å². The number of methoxy groups -OCH3 is 1. The highest BCUT2D eigenvalue weighted by atomic mass is 35.5. The van der Waals surface area contributed by atoms with Crippen molar-refractivity contribution >= 4 is 34.8 Å². The van der Waals surface area contributed by atoms with Gasteiger partial charge in [0, 0.05) is 6.07 Å². The van der Waals surface area contributed by atoms with Crippen molar-refractivity contribution in [2.24, 2.45) is 0 Å². The van der Waals surface area contributed by atoms with E-state index < -0.39 is 17.5 Å². The summed E-state index contributed by atoms with van der Waals surface area (Å²) in [6.45, 7) is 0. The van der Waals surface area contributed by atoms with E-state index in [1.165, 1.54) is 19.2 Å². The van der Waals surface area contributed by atoms with Crippen molar-refractivity contribution in [3.63, 3.8) is 0 Å². The van der Waals surface area contributed by atoms with Gasteiger partial charge in [-0.25, -0.2) is 8.78 Å². The van der Waals surface area contributed by atoms with Crippen LogP contribution in [0.1, 0.15) is 10.4 Å². The fraction of sp³-hybridized carbons (Fsp3) is 0.0714. The lowest BCUT2D eigenvalue weighted by Gasteiger charge is -2.10. The van der Waals surface area contributed by atoms with Gasteiger partial charge in [0.1, 0.15) is 17.4 Å². The molecule has 0 radical (unpaired) electrons. The molecule has 0 fully saturated rings. The molecular formula is C14H9Cl2F2NO2. The van der Waals surface area contributed by atoms with E-state index in [4.69, 9.17) is 27.9 Å². The number of carbonyl (C=O) groups excluding carboxylic acids is 1. The summed E-state index contributed by atoms with van der Waals surface area (Å²) in [4.78, 5) is 12.0. The van der Waals surface area contributed by atoms with Gasteiger partial charge in [-0.1, -0.05) is 23.2 Å². The van der Waals surface area contributed by atoms with Crippen LogP contribution in [0.2, 0.25) is 10.0 Å². The fourth-order valence-electron chi connectivity index (χ4n) is 1.65. The number of amides is 1. The standard InChI is InChI=1S/C14H9Cl2F2NO2/c1-21-8-2-3-9(12(18)6-8)14(20)19-13-10(15)4-7(17)5-11(13)16/h2-6H,1H3,(H,19,20). The van der Waals surface area contributed by atoms with Crippen LogP contribution in [-0.4, -0.2) is 13.0 Å². The largest absolute Gasteiger partial charge is 0.497 e. The molecule has 1 amide bonds. The molecule has 1 N–H and O–H groups in total. The van der Waals surface area contributed by atoms with Gasteiger partial charge in [0.05, 0.1) is 28.4 Å². The SMILES string of the molecule is COc1ccc(C(=O)Nc2c(Cl)cc(F)cc2Cl)c(F)c1. The van der Waals surface area contributed by atoms with E-state index >= 15 is 0 Å². The summed E-state index contributed by atoms with van der Waals surface area (Å²) in [6, 6.07) is 5.75. The molecule has 0 saturated carbocycles. The predicted molar refractivity (Wildman–Crippen MR) is 77.3 cm³/mol. The Morgan fingerprint density at radius 2 is 1.76 bits per heavy atom. The van der Waals surface area contributed by atoms with Gasteiger partial charge in [0.25, 0.3) is 5.91 Å². The number of carbonyl (C=O) groups is 1. The molecule has 7 heteroatoms. The Morgan fingerprint density at radius 1 is 1.14 bits per heavy atom. The summed E-state index contributed by atoms with van der Waals surface area (Å²) in [5, 5.41) is 2.19. The quantitative estimate of drug-likeness (QED) is 0.897. The number of benzene rings is 2. The van der Waals surface area contributed by atoms with Gasteiger partial charge in [-0.3, -0.25) is 4.79 Å². The number of halogens is 4. The maximum atomic E-state index is 13.8. The minimum atomic E-state index is -0.763. The van der Waals surface area contributed by atoms with Crippen LogP contribution in [0.15, 0.2) is 30.3 Å². The molecular weight excluding hydrogens is 323 g/mol. The number of hydrogen-bond acceptors (Lipinski definition) is 2. The molecule has 21 heavy (non-hydrogen) atoms. The Kier molecular flexibility index (Phi) is 4.65. The minimum absolute atomic E-state index is 0.0138. The van der Waals surface area contributed by atoms with Crippen molar-refractivity contribution in [3.05, 3.63) is 57.6 Å². The number of rotatable bonds is 3. The van der Waals surface area contributed by atoms with Crippen LogP contribution in [0, 0.1) is 11.6 Å². The van der Waals surface area contributed by atoms with E-state index in [-0.39, 0.29) is 27.0 Å². The van der Waals surface area contributed by atoms with Crippen LogP contribution in [0.4, 0.5) is 14.5 Å². The van der Waals surface area contributed by atoms with Crippen molar-refractivity contribution in [1.82, 2.24) is 0 Å². The smallest absolute Gasteiger partial charge is 0.258 e. The predicted octanol–water partition coefficient (Wildman–Crippen LogP) is 4.53. The van der Waals surface area contributed by atoms with Gasteiger partial charge < -0.3 is 10.1 Å². The molecule has 2 aromatic carbocycles. The summed E-state index contributed by atoms with van der Waals surface area (Å²) in [5.74, 6) is -1.88. The first-order valence-corrected chi connectivity index (χ1v) is 6.47. The zero-order valence-electron chi connectivity index (χ0n) is 10.7. The number of nitrogens with one attached hydrogen (secondary N) is 1. The third kappa shape index (κ3) is 3.43. The van der Waals surface area contributed by atoms with Gasteiger partial charge in [-0.05, 0) is 24.3 Å². The normalized spacial score (nSPS) is 10.3. The summed E-state index contributed by atoms with van der Waals surface area (Å²) >= 11 is 11.6. The molecule has 110 valence electrons. The Bertz CT molecular complexity index is 684. The van der Waals surface area contributed by atoms with Crippen molar-refractivity contribution in [1.29, 1.82) is 0 Å². The van der Waals surface area contributed by atoms with Crippen molar-refractivity contribution in [3.8, 4) is 5.75 Å². The lowest BCUT2D eigenvalue weighted by atomic mass is 10.2. The molecule has 0 unspecified atom stereocenters. The molecule has 0 spiro atoms. The van der Waals surface area contributed by atoms with Crippen LogP contribution in [0.5, 0.6) is 5.75 Å². The molecule has 0 aliphatic carbocycles. The Hall–Kier alpha value is -1.85. The molecule has 0 aliphatic rings. The van der Waals surface area contributed by atoms with Gasteiger partial charge in [-0.15, -0.1) is 0 Å². The molecule has 0 aromatic heterocycles. The maximum absolute atomic E-state index is 13.8. The average molecular weight is 332 g/mol. The molecule has 2 aromatic rings. The summed E-state index contributed by atoms with van der Waals surface area (Å²) in [6.07, 6.45) is 0. The monoisotopic (exact) mass is 331 g/mol. The van der Waals surface area contributed by atoms with Crippen LogP contribution in [0.3, 0.4) is 0 Å². The molecule has 0 saturated heterocycles. The lowest BCUT2D eigenvalue weighted by molar-refractivity contribution is 0.102. The highest BCUT2D eigenvalue weighted by Crippen LogP contribution is 2.32. The second kappa shape index (κ2) is 6.28. The third-order valence-electron chi connectivity index (χ3n) is 2.67. The summed E-state index contributed by atoms with van der Waals surface area (Å²) < 4.78 is 31.7. The van der Waals surface area contributed by atoms with E-state index in [0.29, 0.717) is 0 Å². The first kappa shape index (κ1) is 15.5. The van der Waals surface area contributed by atoms with Gasteiger partial charge in [0.2, 0.25) is 0 Å². The number of anilines is 1. The van der Waals surface area contributed by atoms with Gasteiger partial charge in [-0.2, -0.15) is 0 Å². The van der Waals surface area contributed by atoms with E-state index in [2.05, 4.69) is 5.32 Å². The summed E-state index contributed by atoms with van der Waals surface area (Å²) in [5.41, 5.74) is -0.202. The Balaban J connectivity index is 2.30. The second-order valence-electron chi connectivity index (χ2n) is 4.04. The van der Waals surface area contributed by atoms with Crippen LogP contribution in [0.25, 0.3) is 0 Å². The lowest BCUT2D eigenvalue weighted by Crippen LogP contribution is -2.14. The Labute approximate surface area is 129 Å². The van der Waals surface area contributed by atoms with E-state index in [1.807, 2.05) is 0 Å². The molecule has 0 heterocycles. The van der Waals surface area contributed by atoms with Gasteiger partial charge >= 0.3 is 0 Å². The highest BCUT2D eigenvalue weighted by molar-refractivity contribution is 6.40. The topological polar surface area (TPSA) is 38.3 Å².